The number of Topliss-reactive ketones (excluding diaryl/α,β-unsaturated/α-hetero) is 2. The normalized spacial score (nSPS) is 13.2. The lowest BCUT2D eigenvalue weighted by molar-refractivity contribution is -0.149. The third-order valence-electron chi connectivity index (χ3n) is 8.52. The molecule has 0 aliphatic carbocycles. The van der Waals surface area contributed by atoms with E-state index in [1.54, 1.807) is 0 Å². The molecule has 3 aromatic rings. The Morgan fingerprint density at radius 1 is 0.741 bits per heavy atom. The molecule has 288 valence electrons. The maximum atomic E-state index is 13.6. The van der Waals surface area contributed by atoms with Gasteiger partial charge in [0.25, 0.3) is 5.91 Å². The van der Waals surface area contributed by atoms with Crippen molar-refractivity contribution < 1.29 is 43.0 Å². The molecule has 0 spiro atoms. The number of hydrogen-bond donors (Lipinski definition) is 3. The zero-order chi connectivity index (χ0) is 39.5. The van der Waals surface area contributed by atoms with Crippen molar-refractivity contribution in [3.05, 3.63) is 109 Å². The maximum absolute atomic E-state index is 13.6. The molecule has 0 fully saturated rings. The standard InChI is InChI=1S/C42H51N3O9/c1-5-18-52-26-35(37(46)23-33(40(43)49)22-30-16-17-31-14-10-11-15-32(31)21-30)44-42(51)39(48)36(27-53-19-6-2)45-41(50)34(20-28(3)4)24-38(47)54-25-29-12-8-7-9-13-29/h5-17,21,28,33-36H,1-2,18-20,22-27H2,3-4H3,(H2,43,49)(H,44,51)(H,45,50)/t33-,34-,35+,36?/m1/s1. The fourth-order valence-electron chi connectivity index (χ4n) is 5.77. The minimum absolute atomic E-state index is 0.00457. The first-order chi connectivity index (χ1) is 25.9. The summed E-state index contributed by atoms with van der Waals surface area (Å²) in [4.78, 5) is 79.5. The van der Waals surface area contributed by atoms with Crippen molar-refractivity contribution in [3.63, 3.8) is 0 Å². The molecule has 54 heavy (non-hydrogen) atoms. The number of carbonyl (C=O) groups excluding carboxylic acids is 6. The zero-order valence-electron chi connectivity index (χ0n) is 31.0. The second-order valence-corrected chi connectivity index (χ2v) is 13.4. The minimum atomic E-state index is -1.47. The van der Waals surface area contributed by atoms with Crippen LogP contribution in [0.15, 0.2) is 98.1 Å². The number of hydrogen-bond acceptors (Lipinski definition) is 9. The van der Waals surface area contributed by atoms with Crippen molar-refractivity contribution in [1.82, 2.24) is 10.6 Å². The van der Waals surface area contributed by atoms with Crippen molar-refractivity contribution in [2.75, 3.05) is 26.4 Å². The van der Waals surface area contributed by atoms with Crippen molar-refractivity contribution in [2.45, 2.75) is 58.2 Å². The fraction of sp³-hybridized carbons (Fsp3) is 0.381. The van der Waals surface area contributed by atoms with Crippen molar-refractivity contribution in [2.24, 2.45) is 23.5 Å². The number of ether oxygens (including phenoxy) is 3. The number of esters is 1. The zero-order valence-corrected chi connectivity index (χ0v) is 31.0. The van der Waals surface area contributed by atoms with Crippen LogP contribution < -0.4 is 16.4 Å². The highest BCUT2D eigenvalue weighted by molar-refractivity contribution is 6.39. The molecular weight excluding hydrogens is 690 g/mol. The van der Waals surface area contributed by atoms with E-state index in [1.807, 2.05) is 86.6 Å². The summed E-state index contributed by atoms with van der Waals surface area (Å²) in [5.74, 6) is -6.59. The largest absolute Gasteiger partial charge is 0.461 e. The molecule has 0 aromatic heterocycles. The highest BCUT2D eigenvalue weighted by Gasteiger charge is 2.34. The molecule has 12 nitrogen and oxygen atoms in total. The van der Waals surface area contributed by atoms with Crippen LogP contribution >= 0.6 is 0 Å². The summed E-state index contributed by atoms with van der Waals surface area (Å²) in [6.07, 6.45) is 2.77. The van der Waals surface area contributed by atoms with Crippen LogP contribution in [0.4, 0.5) is 0 Å². The molecule has 0 saturated carbocycles. The van der Waals surface area contributed by atoms with E-state index in [0.29, 0.717) is 6.42 Å². The second kappa shape index (κ2) is 22.6. The number of primary amides is 1. The number of nitrogens with two attached hydrogens (primary N) is 1. The average Bonchev–Trinajstić information content (AvgIpc) is 3.15. The van der Waals surface area contributed by atoms with Crippen LogP contribution in [0.3, 0.4) is 0 Å². The molecule has 0 heterocycles. The highest BCUT2D eigenvalue weighted by Crippen LogP contribution is 2.21. The predicted molar refractivity (Wildman–Crippen MR) is 205 cm³/mol. The molecule has 0 radical (unpaired) electrons. The first kappa shape index (κ1) is 42.9. The van der Waals surface area contributed by atoms with Gasteiger partial charge in [0.05, 0.1) is 32.8 Å². The number of fused-ring (bicyclic) bond motifs is 1. The number of amides is 3. The Hall–Kier alpha value is -5.46. The van der Waals surface area contributed by atoms with Crippen molar-refractivity contribution >= 4 is 46.0 Å². The Balaban J connectivity index is 1.73. The molecule has 0 saturated heterocycles. The molecule has 4 atom stereocenters. The van der Waals surface area contributed by atoms with E-state index in [2.05, 4.69) is 23.8 Å². The van der Waals surface area contributed by atoms with Gasteiger partial charge in [0.15, 0.2) is 5.78 Å². The lowest BCUT2D eigenvalue weighted by Crippen LogP contribution is -2.55. The van der Waals surface area contributed by atoms with Crippen LogP contribution in [-0.4, -0.2) is 73.8 Å². The summed E-state index contributed by atoms with van der Waals surface area (Å²) in [7, 11) is 0. The minimum Gasteiger partial charge on any atom is -0.461 e. The van der Waals surface area contributed by atoms with Crippen LogP contribution in [0.25, 0.3) is 10.8 Å². The van der Waals surface area contributed by atoms with E-state index < -0.39 is 65.8 Å². The number of benzene rings is 3. The van der Waals surface area contributed by atoms with Gasteiger partial charge >= 0.3 is 5.97 Å². The summed E-state index contributed by atoms with van der Waals surface area (Å²) >= 11 is 0. The summed E-state index contributed by atoms with van der Waals surface area (Å²) in [6.45, 7) is 10.3. The summed E-state index contributed by atoms with van der Waals surface area (Å²) < 4.78 is 16.3. The molecule has 0 aliphatic rings. The van der Waals surface area contributed by atoms with E-state index in [-0.39, 0.29) is 51.6 Å². The van der Waals surface area contributed by atoms with Crippen molar-refractivity contribution in [3.8, 4) is 0 Å². The monoisotopic (exact) mass is 741 g/mol. The summed E-state index contributed by atoms with van der Waals surface area (Å²) in [5.41, 5.74) is 7.30. The van der Waals surface area contributed by atoms with Gasteiger partial charge in [0.2, 0.25) is 17.6 Å². The molecular formula is C42H51N3O9. The van der Waals surface area contributed by atoms with Gasteiger partial charge in [-0.15, -0.1) is 13.2 Å². The van der Waals surface area contributed by atoms with E-state index in [0.717, 1.165) is 21.9 Å². The molecule has 0 aliphatic heterocycles. The summed E-state index contributed by atoms with van der Waals surface area (Å²) in [6, 6.07) is 19.7. The third kappa shape index (κ3) is 14.5. The SMILES string of the molecule is C=CCOCC(NC(=O)[C@@H](CC(=O)OCc1ccccc1)CC(C)C)C(=O)C(=O)N[C@@H](COCC=C)C(=O)C[C@@H](Cc1ccc2ccccc2c1)C(N)=O. The fourth-order valence-corrected chi connectivity index (χ4v) is 5.77. The summed E-state index contributed by atoms with van der Waals surface area (Å²) in [5, 5.41) is 6.98. The Morgan fingerprint density at radius 2 is 1.37 bits per heavy atom. The van der Waals surface area contributed by atoms with Gasteiger partial charge < -0.3 is 30.6 Å². The first-order valence-electron chi connectivity index (χ1n) is 17.9. The molecule has 0 bridgehead atoms. The van der Waals surface area contributed by atoms with E-state index >= 15 is 0 Å². The number of ketones is 2. The van der Waals surface area contributed by atoms with E-state index in [9.17, 15) is 28.8 Å². The molecule has 3 aromatic carbocycles. The van der Waals surface area contributed by atoms with Gasteiger partial charge in [-0.3, -0.25) is 28.8 Å². The molecule has 4 N–H and O–H groups in total. The van der Waals surface area contributed by atoms with Crippen LogP contribution in [-0.2, 0) is 56.0 Å². The number of carbonyl (C=O) groups is 6. The second-order valence-electron chi connectivity index (χ2n) is 13.4. The Kier molecular flexibility index (Phi) is 18.0. The van der Waals surface area contributed by atoms with Gasteiger partial charge in [0, 0.05) is 18.3 Å². The Bertz CT molecular complexity index is 1760. The van der Waals surface area contributed by atoms with Crippen LogP contribution in [0, 0.1) is 17.8 Å². The number of nitrogens with one attached hydrogen (secondary N) is 2. The van der Waals surface area contributed by atoms with E-state index in [4.69, 9.17) is 19.9 Å². The van der Waals surface area contributed by atoms with Gasteiger partial charge in [-0.1, -0.05) is 98.8 Å². The van der Waals surface area contributed by atoms with Gasteiger partial charge in [0.1, 0.15) is 18.7 Å². The van der Waals surface area contributed by atoms with Crippen molar-refractivity contribution in [1.29, 1.82) is 0 Å². The quantitative estimate of drug-likeness (QED) is 0.0497. The molecule has 3 rings (SSSR count). The Morgan fingerprint density at radius 3 is 2.00 bits per heavy atom. The maximum Gasteiger partial charge on any atom is 0.306 e. The predicted octanol–water partition coefficient (Wildman–Crippen LogP) is 4.18. The topological polar surface area (TPSA) is 180 Å². The lowest BCUT2D eigenvalue weighted by Gasteiger charge is -2.24. The Labute approximate surface area is 316 Å². The average molecular weight is 742 g/mol. The smallest absolute Gasteiger partial charge is 0.306 e. The third-order valence-corrected chi connectivity index (χ3v) is 8.52. The first-order valence-corrected chi connectivity index (χ1v) is 17.9. The molecule has 12 heteroatoms. The van der Waals surface area contributed by atoms with Gasteiger partial charge in [-0.05, 0) is 40.7 Å². The molecule has 3 amide bonds. The van der Waals surface area contributed by atoms with E-state index in [1.165, 1.54) is 12.2 Å². The van der Waals surface area contributed by atoms with Gasteiger partial charge in [-0.25, -0.2) is 0 Å². The van der Waals surface area contributed by atoms with Gasteiger partial charge in [-0.2, -0.15) is 0 Å². The van der Waals surface area contributed by atoms with Crippen LogP contribution in [0.2, 0.25) is 0 Å². The highest BCUT2D eigenvalue weighted by atomic mass is 16.5. The molecule has 1 unspecified atom stereocenters. The number of rotatable bonds is 25. The van der Waals surface area contributed by atoms with Crippen LogP contribution in [0.5, 0.6) is 0 Å². The lowest BCUT2D eigenvalue weighted by atomic mass is 9.90. The van der Waals surface area contributed by atoms with Crippen LogP contribution in [0.1, 0.15) is 44.2 Å².